The zero-order valence-electron chi connectivity index (χ0n) is 10.3. The summed E-state index contributed by atoms with van der Waals surface area (Å²) < 4.78 is 0. The summed E-state index contributed by atoms with van der Waals surface area (Å²) in [6.07, 6.45) is 1.00. The van der Waals surface area contributed by atoms with Gasteiger partial charge in [-0.05, 0) is 12.1 Å². The number of carbonyl (C=O) groups is 2. The summed E-state index contributed by atoms with van der Waals surface area (Å²) in [5.74, 6) is -0.882. The molecule has 1 aliphatic rings. The van der Waals surface area contributed by atoms with Gasteiger partial charge in [0.15, 0.2) is 0 Å². The van der Waals surface area contributed by atoms with Crippen LogP contribution in [0, 0.1) is 0 Å². The molecule has 1 aromatic heterocycles. The molecule has 2 unspecified atom stereocenters. The molecule has 5 N–H and O–H groups in total. The van der Waals surface area contributed by atoms with Crippen molar-refractivity contribution >= 4 is 17.5 Å². The number of amides is 2. The lowest BCUT2D eigenvalue weighted by atomic mass is 10.2. The molecule has 19 heavy (non-hydrogen) atoms. The van der Waals surface area contributed by atoms with Crippen molar-refractivity contribution in [1.29, 1.82) is 0 Å². The first-order valence-corrected chi connectivity index (χ1v) is 5.94. The van der Waals surface area contributed by atoms with Crippen LogP contribution >= 0.6 is 0 Å². The molecule has 1 fully saturated rings. The molecule has 0 spiro atoms. The van der Waals surface area contributed by atoms with E-state index in [0.717, 1.165) is 0 Å². The fourth-order valence-electron chi connectivity index (χ4n) is 2.16. The summed E-state index contributed by atoms with van der Waals surface area (Å²) in [7, 11) is 0. The molecule has 2 rings (SSSR count). The number of likely N-dealkylation sites (tertiary alicyclic amines) is 1. The predicted octanol–water partition coefficient (Wildman–Crippen LogP) is -1.35. The second kappa shape index (κ2) is 5.23. The van der Waals surface area contributed by atoms with E-state index in [4.69, 9.17) is 11.5 Å². The molecule has 102 valence electrons. The van der Waals surface area contributed by atoms with Crippen molar-refractivity contribution < 1.29 is 14.7 Å². The van der Waals surface area contributed by atoms with E-state index in [-0.39, 0.29) is 25.3 Å². The molecule has 0 radical (unpaired) electrons. The summed E-state index contributed by atoms with van der Waals surface area (Å²) in [4.78, 5) is 28.7. The summed E-state index contributed by atoms with van der Waals surface area (Å²) >= 11 is 0. The van der Waals surface area contributed by atoms with E-state index in [1.165, 1.54) is 11.1 Å². The Hall–Kier alpha value is -2.15. The van der Waals surface area contributed by atoms with Gasteiger partial charge < -0.3 is 21.5 Å². The number of nitrogens with zero attached hydrogens (tertiary/aromatic N) is 2. The monoisotopic (exact) mass is 264 g/mol. The zero-order chi connectivity index (χ0) is 14.0. The first-order chi connectivity index (χ1) is 8.97. The summed E-state index contributed by atoms with van der Waals surface area (Å²) in [5, 5.41) is 9.54. The number of anilines is 1. The van der Waals surface area contributed by atoms with Crippen molar-refractivity contribution in [3.8, 4) is 0 Å². The third-order valence-corrected chi connectivity index (χ3v) is 3.11. The van der Waals surface area contributed by atoms with Crippen LogP contribution in [0.15, 0.2) is 18.3 Å². The number of hydrogen-bond acceptors (Lipinski definition) is 5. The molecule has 0 aliphatic carbocycles. The number of aliphatic hydroxyl groups is 1. The normalized spacial score (nSPS) is 22.5. The van der Waals surface area contributed by atoms with Crippen molar-refractivity contribution in [3.63, 3.8) is 0 Å². The van der Waals surface area contributed by atoms with Crippen molar-refractivity contribution in [2.24, 2.45) is 5.73 Å². The lowest BCUT2D eigenvalue weighted by molar-refractivity contribution is -0.136. The van der Waals surface area contributed by atoms with Gasteiger partial charge in [0.05, 0.1) is 24.4 Å². The van der Waals surface area contributed by atoms with Gasteiger partial charge in [-0.3, -0.25) is 14.6 Å². The molecule has 2 heterocycles. The van der Waals surface area contributed by atoms with Gasteiger partial charge in [-0.2, -0.15) is 0 Å². The molecule has 1 saturated heterocycles. The Bertz CT molecular complexity index is 488. The standard InChI is InChI=1S/C12H16N4O3/c13-7-1-2-8(15-5-7)3-11(18)16-6-9(17)4-10(16)12(14)19/h1-2,5,9-10,17H,3-4,6,13H2,(H2,14,19). The molecule has 1 aromatic rings. The van der Waals surface area contributed by atoms with Crippen molar-refractivity contribution in [1.82, 2.24) is 9.88 Å². The van der Waals surface area contributed by atoms with E-state index >= 15 is 0 Å². The van der Waals surface area contributed by atoms with Crippen LogP contribution in [0.2, 0.25) is 0 Å². The number of aromatic nitrogens is 1. The van der Waals surface area contributed by atoms with Gasteiger partial charge in [0.25, 0.3) is 0 Å². The Kier molecular flexibility index (Phi) is 3.66. The van der Waals surface area contributed by atoms with E-state index in [0.29, 0.717) is 11.4 Å². The number of rotatable bonds is 3. The fraction of sp³-hybridized carbons (Fsp3) is 0.417. The number of nitrogen functional groups attached to an aromatic ring is 1. The Morgan fingerprint density at radius 2 is 2.21 bits per heavy atom. The van der Waals surface area contributed by atoms with E-state index < -0.39 is 18.1 Å². The molecule has 7 heteroatoms. The topological polar surface area (TPSA) is 123 Å². The Labute approximate surface area is 110 Å². The minimum atomic E-state index is -0.740. The molecule has 2 atom stereocenters. The van der Waals surface area contributed by atoms with Crippen LogP contribution in [-0.4, -0.2) is 45.5 Å². The summed E-state index contributed by atoms with van der Waals surface area (Å²) in [5.41, 5.74) is 11.8. The number of pyridine rings is 1. The maximum absolute atomic E-state index is 12.1. The van der Waals surface area contributed by atoms with Crippen molar-refractivity contribution in [2.45, 2.75) is 25.0 Å². The van der Waals surface area contributed by atoms with Crippen LogP contribution in [0.3, 0.4) is 0 Å². The van der Waals surface area contributed by atoms with Crippen LogP contribution in [0.25, 0.3) is 0 Å². The van der Waals surface area contributed by atoms with E-state index in [1.54, 1.807) is 12.1 Å². The number of carbonyl (C=O) groups excluding carboxylic acids is 2. The van der Waals surface area contributed by atoms with Gasteiger partial charge in [-0.15, -0.1) is 0 Å². The predicted molar refractivity (Wildman–Crippen MR) is 67.7 cm³/mol. The first-order valence-electron chi connectivity index (χ1n) is 5.94. The van der Waals surface area contributed by atoms with Crippen LogP contribution in [0.5, 0.6) is 0 Å². The average molecular weight is 264 g/mol. The average Bonchev–Trinajstić information content (AvgIpc) is 2.74. The highest BCUT2D eigenvalue weighted by molar-refractivity contribution is 5.88. The summed E-state index contributed by atoms with van der Waals surface area (Å²) in [6.45, 7) is 0.126. The highest BCUT2D eigenvalue weighted by Crippen LogP contribution is 2.18. The van der Waals surface area contributed by atoms with Gasteiger partial charge in [0.1, 0.15) is 6.04 Å². The molecular formula is C12H16N4O3. The van der Waals surface area contributed by atoms with Crippen LogP contribution in [-0.2, 0) is 16.0 Å². The van der Waals surface area contributed by atoms with Gasteiger partial charge >= 0.3 is 0 Å². The maximum atomic E-state index is 12.1. The Balaban J connectivity index is 2.06. The minimum Gasteiger partial charge on any atom is -0.397 e. The molecule has 2 amide bonds. The third kappa shape index (κ3) is 3.00. The Morgan fingerprint density at radius 3 is 2.79 bits per heavy atom. The molecule has 0 saturated carbocycles. The second-order valence-electron chi connectivity index (χ2n) is 4.61. The first kappa shape index (κ1) is 13.3. The molecule has 0 bridgehead atoms. The largest absolute Gasteiger partial charge is 0.397 e. The molecule has 0 aromatic carbocycles. The van der Waals surface area contributed by atoms with Crippen LogP contribution in [0.4, 0.5) is 5.69 Å². The van der Waals surface area contributed by atoms with Gasteiger partial charge in [0.2, 0.25) is 11.8 Å². The smallest absolute Gasteiger partial charge is 0.240 e. The van der Waals surface area contributed by atoms with Crippen molar-refractivity contribution in [3.05, 3.63) is 24.0 Å². The number of primary amides is 1. The lowest BCUT2D eigenvalue weighted by Gasteiger charge is -2.21. The highest BCUT2D eigenvalue weighted by Gasteiger charge is 2.37. The van der Waals surface area contributed by atoms with Gasteiger partial charge in [-0.25, -0.2) is 0 Å². The summed E-state index contributed by atoms with van der Waals surface area (Å²) in [6, 6.07) is 2.57. The fourth-order valence-corrected chi connectivity index (χ4v) is 2.16. The lowest BCUT2D eigenvalue weighted by Crippen LogP contribution is -2.44. The number of hydrogen-bond donors (Lipinski definition) is 3. The highest BCUT2D eigenvalue weighted by atomic mass is 16.3. The number of nitrogens with two attached hydrogens (primary N) is 2. The van der Waals surface area contributed by atoms with E-state index in [1.807, 2.05) is 0 Å². The van der Waals surface area contributed by atoms with E-state index in [2.05, 4.69) is 4.98 Å². The van der Waals surface area contributed by atoms with Crippen molar-refractivity contribution in [2.75, 3.05) is 12.3 Å². The number of β-amino-alcohol motifs (C(OH)–C–C–N with tert-alkyl or cyclic N) is 1. The minimum absolute atomic E-state index is 0.0524. The van der Waals surface area contributed by atoms with Crippen LogP contribution in [0.1, 0.15) is 12.1 Å². The molecule has 7 nitrogen and oxygen atoms in total. The SMILES string of the molecule is NC(=O)C1CC(O)CN1C(=O)Cc1ccc(N)cn1. The zero-order valence-corrected chi connectivity index (χ0v) is 10.3. The maximum Gasteiger partial charge on any atom is 0.240 e. The van der Waals surface area contributed by atoms with Crippen LogP contribution < -0.4 is 11.5 Å². The molecule has 1 aliphatic heterocycles. The third-order valence-electron chi connectivity index (χ3n) is 3.11. The van der Waals surface area contributed by atoms with E-state index in [9.17, 15) is 14.7 Å². The van der Waals surface area contributed by atoms with Gasteiger partial charge in [0, 0.05) is 18.7 Å². The molecular weight excluding hydrogens is 248 g/mol. The quantitative estimate of drug-likeness (QED) is 0.623. The second-order valence-corrected chi connectivity index (χ2v) is 4.61. The Morgan fingerprint density at radius 1 is 1.47 bits per heavy atom. The number of aliphatic hydroxyl groups excluding tert-OH is 1. The van der Waals surface area contributed by atoms with Gasteiger partial charge in [-0.1, -0.05) is 0 Å².